The van der Waals surface area contributed by atoms with Crippen LogP contribution in [0.2, 0.25) is 0 Å². The van der Waals surface area contributed by atoms with Crippen molar-refractivity contribution < 1.29 is 9.53 Å². The zero-order valence-corrected chi connectivity index (χ0v) is 9.71. The predicted octanol–water partition coefficient (Wildman–Crippen LogP) is 1.86. The fourth-order valence-electron chi connectivity index (χ4n) is 3.51. The fourth-order valence-corrected chi connectivity index (χ4v) is 3.51. The number of rotatable bonds is 2. The summed E-state index contributed by atoms with van der Waals surface area (Å²) in [7, 11) is 1.78. The maximum Gasteiger partial charge on any atom is 0.220 e. The quantitative estimate of drug-likeness (QED) is 0.757. The number of ether oxygens (including phenoxy) is 1. The highest BCUT2D eigenvalue weighted by Crippen LogP contribution is 2.47. The van der Waals surface area contributed by atoms with Gasteiger partial charge in [0.2, 0.25) is 5.91 Å². The van der Waals surface area contributed by atoms with Crippen LogP contribution in [0.1, 0.15) is 45.4 Å². The average Bonchev–Trinajstić information content (AvgIpc) is 2.56. The topological polar surface area (TPSA) is 38.3 Å². The summed E-state index contributed by atoms with van der Waals surface area (Å²) < 4.78 is 5.62. The minimum atomic E-state index is 0.0961. The summed E-state index contributed by atoms with van der Waals surface area (Å²) in [5.74, 6) is 0.214. The van der Waals surface area contributed by atoms with Crippen LogP contribution >= 0.6 is 0 Å². The second kappa shape index (κ2) is 4.12. The van der Waals surface area contributed by atoms with Crippen molar-refractivity contribution in [1.82, 2.24) is 5.32 Å². The number of carbonyl (C=O) groups is 1. The SMILES string of the molecule is CCC1NC(=O)CC12CCCCC2OC. The molecule has 3 heteroatoms. The third kappa shape index (κ3) is 1.67. The summed E-state index contributed by atoms with van der Waals surface area (Å²) in [6.45, 7) is 2.15. The minimum Gasteiger partial charge on any atom is -0.381 e. The highest BCUT2D eigenvalue weighted by atomic mass is 16.5. The van der Waals surface area contributed by atoms with Gasteiger partial charge in [0.15, 0.2) is 0 Å². The summed E-state index contributed by atoms with van der Waals surface area (Å²) in [4.78, 5) is 11.6. The van der Waals surface area contributed by atoms with Crippen LogP contribution in [0.15, 0.2) is 0 Å². The summed E-state index contributed by atoms with van der Waals surface area (Å²) in [5, 5.41) is 3.11. The molecule has 2 rings (SSSR count). The molecule has 1 aliphatic heterocycles. The van der Waals surface area contributed by atoms with Crippen LogP contribution < -0.4 is 5.32 Å². The van der Waals surface area contributed by atoms with Crippen molar-refractivity contribution in [2.24, 2.45) is 5.41 Å². The second-order valence-electron chi connectivity index (χ2n) is 4.91. The van der Waals surface area contributed by atoms with E-state index in [1.165, 1.54) is 12.8 Å². The van der Waals surface area contributed by atoms with Crippen molar-refractivity contribution in [3.63, 3.8) is 0 Å². The molecule has 3 unspecified atom stereocenters. The first-order chi connectivity index (χ1) is 7.23. The van der Waals surface area contributed by atoms with E-state index in [1.807, 2.05) is 0 Å². The predicted molar refractivity (Wildman–Crippen MR) is 58.5 cm³/mol. The Kier molecular flexibility index (Phi) is 3.01. The Morgan fingerprint density at radius 3 is 3.00 bits per heavy atom. The second-order valence-corrected chi connectivity index (χ2v) is 4.91. The molecule has 0 bridgehead atoms. The van der Waals surface area contributed by atoms with Gasteiger partial charge in [0.05, 0.1) is 6.10 Å². The molecular formula is C12H21NO2. The first kappa shape index (κ1) is 10.9. The molecule has 15 heavy (non-hydrogen) atoms. The Bertz CT molecular complexity index is 254. The third-order valence-corrected chi connectivity index (χ3v) is 4.21. The number of hydrogen-bond acceptors (Lipinski definition) is 2. The molecule has 1 saturated carbocycles. The van der Waals surface area contributed by atoms with E-state index in [-0.39, 0.29) is 17.4 Å². The van der Waals surface area contributed by atoms with E-state index in [2.05, 4.69) is 12.2 Å². The van der Waals surface area contributed by atoms with Gasteiger partial charge in [0, 0.05) is 25.0 Å². The van der Waals surface area contributed by atoms with Crippen molar-refractivity contribution >= 4 is 5.91 Å². The molecule has 0 radical (unpaired) electrons. The van der Waals surface area contributed by atoms with E-state index in [1.54, 1.807) is 7.11 Å². The standard InChI is InChI=1S/C12H21NO2/c1-3-9-12(8-11(14)13-9)7-5-4-6-10(12)15-2/h9-10H,3-8H2,1-2H3,(H,13,14). The van der Waals surface area contributed by atoms with Crippen LogP contribution in [0.5, 0.6) is 0 Å². The lowest BCUT2D eigenvalue weighted by atomic mass is 9.66. The Labute approximate surface area is 91.6 Å². The van der Waals surface area contributed by atoms with Crippen LogP contribution in [-0.4, -0.2) is 25.2 Å². The smallest absolute Gasteiger partial charge is 0.220 e. The zero-order chi connectivity index (χ0) is 10.9. The van der Waals surface area contributed by atoms with E-state index >= 15 is 0 Å². The van der Waals surface area contributed by atoms with Crippen molar-refractivity contribution in [2.75, 3.05) is 7.11 Å². The third-order valence-electron chi connectivity index (χ3n) is 4.21. The summed E-state index contributed by atoms with van der Waals surface area (Å²) in [5.41, 5.74) is 0.0961. The highest BCUT2D eigenvalue weighted by Gasteiger charge is 2.52. The molecule has 2 aliphatic rings. The van der Waals surface area contributed by atoms with Crippen LogP contribution in [0.25, 0.3) is 0 Å². The van der Waals surface area contributed by atoms with Gasteiger partial charge in [-0.2, -0.15) is 0 Å². The van der Waals surface area contributed by atoms with E-state index in [9.17, 15) is 4.79 Å². The summed E-state index contributed by atoms with van der Waals surface area (Å²) >= 11 is 0. The molecule has 3 atom stereocenters. The lowest BCUT2D eigenvalue weighted by Crippen LogP contribution is -2.47. The van der Waals surface area contributed by atoms with Crippen LogP contribution in [0, 0.1) is 5.41 Å². The van der Waals surface area contributed by atoms with E-state index in [4.69, 9.17) is 4.74 Å². The molecular weight excluding hydrogens is 190 g/mol. The van der Waals surface area contributed by atoms with Crippen molar-refractivity contribution in [3.8, 4) is 0 Å². The number of methoxy groups -OCH3 is 1. The first-order valence-corrected chi connectivity index (χ1v) is 6.05. The Hall–Kier alpha value is -0.570. The van der Waals surface area contributed by atoms with E-state index < -0.39 is 0 Å². The Morgan fingerprint density at radius 2 is 2.33 bits per heavy atom. The van der Waals surface area contributed by atoms with Crippen LogP contribution in [-0.2, 0) is 9.53 Å². The number of hydrogen-bond donors (Lipinski definition) is 1. The number of carbonyl (C=O) groups excluding carboxylic acids is 1. The lowest BCUT2D eigenvalue weighted by Gasteiger charge is -2.43. The van der Waals surface area contributed by atoms with Gasteiger partial charge in [-0.3, -0.25) is 4.79 Å². The molecule has 1 saturated heterocycles. The highest BCUT2D eigenvalue weighted by molar-refractivity contribution is 5.80. The molecule has 1 aliphatic carbocycles. The number of amides is 1. The first-order valence-electron chi connectivity index (χ1n) is 6.05. The zero-order valence-electron chi connectivity index (χ0n) is 9.71. The van der Waals surface area contributed by atoms with Gasteiger partial charge in [0.25, 0.3) is 0 Å². The molecule has 1 spiro atoms. The Morgan fingerprint density at radius 1 is 1.53 bits per heavy atom. The van der Waals surface area contributed by atoms with Gasteiger partial charge in [-0.25, -0.2) is 0 Å². The fraction of sp³-hybridized carbons (Fsp3) is 0.917. The maximum absolute atomic E-state index is 11.6. The van der Waals surface area contributed by atoms with E-state index in [0.29, 0.717) is 12.5 Å². The largest absolute Gasteiger partial charge is 0.381 e. The molecule has 1 amide bonds. The van der Waals surface area contributed by atoms with Crippen molar-refractivity contribution in [1.29, 1.82) is 0 Å². The van der Waals surface area contributed by atoms with Gasteiger partial charge < -0.3 is 10.1 Å². The molecule has 86 valence electrons. The minimum absolute atomic E-state index is 0.0961. The number of nitrogens with one attached hydrogen (secondary N) is 1. The molecule has 0 aromatic carbocycles. The van der Waals surface area contributed by atoms with Gasteiger partial charge in [-0.1, -0.05) is 19.8 Å². The maximum atomic E-state index is 11.6. The molecule has 2 fully saturated rings. The monoisotopic (exact) mass is 211 g/mol. The van der Waals surface area contributed by atoms with E-state index in [0.717, 1.165) is 19.3 Å². The average molecular weight is 211 g/mol. The van der Waals surface area contributed by atoms with Gasteiger partial charge in [-0.05, 0) is 19.3 Å². The Balaban J connectivity index is 2.23. The lowest BCUT2D eigenvalue weighted by molar-refractivity contribution is -0.121. The van der Waals surface area contributed by atoms with Gasteiger partial charge in [-0.15, -0.1) is 0 Å². The molecule has 3 nitrogen and oxygen atoms in total. The van der Waals surface area contributed by atoms with Crippen LogP contribution in [0.3, 0.4) is 0 Å². The van der Waals surface area contributed by atoms with Crippen molar-refractivity contribution in [3.05, 3.63) is 0 Å². The molecule has 1 heterocycles. The summed E-state index contributed by atoms with van der Waals surface area (Å²) in [6, 6.07) is 0.329. The van der Waals surface area contributed by atoms with Gasteiger partial charge >= 0.3 is 0 Å². The molecule has 0 aromatic heterocycles. The van der Waals surface area contributed by atoms with Crippen LogP contribution in [0.4, 0.5) is 0 Å². The normalized spacial score (nSPS) is 40.8. The molecule has 1 N–H and O–H groups in total. The molecule has 0 aromatic rings. The van der Waals surface area contributed by atoms with Crippen molar-refractivity contribution in [2.45, 2.75) is 57.6 Å². The summed E-state index contributed by atoms with van der Waals surface area (Å²) in [6.07, 6.45) is 6.70. The van der Waals surface area contributed by atoms with Gasteiger partial charge in [0.1, 0.15) is 0 Å².